The van der Waals surface area contributed by atoms with E-state index < -0.39 is 0 Å². The summed E-state index contributed by atoms with van der Waals surface area (Å²) in [6, 6.07) is 7.09. The third kappa shape index (κ3) is 3.73. The van der Waals surface area contributed by atoms with Crippen molar-refractivity contribution in [3.05, 3.63) is 30.1 Å². The number of nitrogens with two attached hydrogens (primary N) is 1. The van der Waals surface area contributed by atoms with Crippen LogP contribution in [0.25, 0.3) is 0 Å². The van der Waals surface area contributed by atoms with Crippen LogP contribution in [0.5, 0.6) is 11.5 Å². The Kier molecular flexibility index (Phi) is 4.78. The average molecular weight is 290 g/mol. The quantitative estimate of drug-likeness (QED) is 0.840. The summed E-state index contributed by atoms with van der Waals surface area (Å²) in [5.74, 6) is 2.79. The predicted molar refractivity (Wildman–Crippen MR) is 80.0 cm³/mol. The van der Waals surface area contributed by atoms with Crippen LogP contribution in [0.3, 0.4) is 0 Å². The number of hydrogen-bond donors (Lipinski definition) is 2. The Morgan fingerprint density at radius 3 is 2.57 bits per heavy atom. The fourth-order valence-corrected chi connectivity index (χ4v) is 1.82. The second-order valence-corrected chi connectivity index (χ2v) is 4.22. The number of nitrogens with zero attached hydrogens (tertiary/aromatic N) is 2. The number of nitrogens with one attached hydrogen (secondary N) is 1. The molecule has 0 aliphatic heterocycles. The van der Waals surface area contributed by atoms with E-state index in [-0.39, 0.29) is 0 Å². The maximum absolute atomic E-state index is 5.76. The van der Waals surface area contributed by atoms with Gasteiger partial charge in [0, 0.05) is 19.2 Å². The highest BCUT2D eigenvalue weighted by molar-refractivity contribution is 5.66. The van der Waals surface area contributed by atoms with Gasteiger partial charge in [-0.05, 0) is 12.1 Å². The van der Waals surface area contributed by atoms with Gasteiger partial charge in [-0.1, -0.05) is 0 Å². The van der Waals surface area contributed by atoms with Gasteiger partial charge >= 0.3 is 0 Å². The minimum Gasteiger partial charge on any atom is -0.497 e. The highest BCUT2D eigenvalue weighted by atomic mass is 16.5. The van der Waals surface area contributed by atoms with Crippen molar-refractivity contribution in [2.24, 2.45) is 0 Å². The first kappa shape index (κ1) is 14.9. The van der Waals surface area contributed by atoms with Gasteiger partial charge in [-0.15, -0.1) is 0 Å². The van der Waals surface area contributed by atoms with Crippen molar-refractivity contribution < 1.29 is 14.2 Å². The topological polar surface area (TPSA) is 91.5 Å². The highest BCUT2D eigenvalue weighted by Crippen LogP contribution is 2.31. The lowest BCUT2D eigenvalue weighted by Crippen LogP contribution is -2.05. The molecule has 21 heavy (non-hydrogen) atoms. The van der Waals surface area contributed by atoms with E-state index in [4.69, 9.17) is 19.9 Å². The minimum absolute atomic E-state index is 0.291. The number of methoxy groups -OCH3 is 3. The van der Waals surface area contributed by atoms with Gasteiger partial charge in [0.1, 0.15) is 29.7 Å². The lowest BCUT2D eigenvalue weighted by molar-refractivity contribution is 0.178. The summed E-state index contributed by atoms with van der Waals surface area (Å²) in [5.41, 5.74) is 6.51. The Morgan fingerprint density at radius 1 is 1.10 bits per heavy atom. The molecule has 7 nitrogen and oxygen atoms in total. The summed E-state index contributed by atoms with van der Waals surface area (Å²) in [6.07, 6.45) is 0. The Labute approximate surface area is 123 Å². The smallest absolute Gasteiger partial charge is 0.158 e. The lowest BCUT2D eigenvalue weighted by Gasteiger charge is -2.12. The number of nitrogen functional groups attached to an aromatic ring is 1. The van der Waals surface area contributed by atoms with Crippen LogP contribution in [0, 0.1) is 0 Å². The first-order chi connectivity index (χ1) is 10.2. The molecule has 2 aromatic rings. The molecule has 0 aliphatic rings. The summed E-state index contributed by atoms with van der Waals surface area (Å²) in [4.78, 5) is 8.41. The molecule has 0 fully saturated rings. The molecule has 112 valence electrons. The van der Waals surface area contributed by atoms with E-state index >= 15 is 0 Å². The van der Waals surface area contributed by atoms with Gasteiger partial charge in [-0.2, -0.15) is 0 Å². The molecule has 0 amide bonds. The van der Waals surface area contributed by atoms with Gasteiger partial charge in [0.05, 0.1) is 19.9 Å². The normalized spacial score (nSPS) is 10.2. The molecule has 0 saturated heterocycles. The van der Waals surface area contributed by atoms with Crippen LogP contribution in [0.15, 0.2) is 24.3 Å². The van der Waals surface area contributed by atoms with Gasteiger partial charge in [0.2, 0.25) is 0 Å². The standard InChI is InChI=1S/C14H18N4O3/c1-19-8-14-17-12(15)7-13(18-14)16-10-5-4-9(20-2)6-11(10)21-3/h4-7H,8H2,1-3H3,(H3,15,16,17,18). The largest absolute Gasteiger partial charge is 0.497 e. The van der Waals surface area contributed by atoms with Gasteiger partial charge in [-0.3, -0.25) is 0 Å². The lowest BCUT2D eigenvalue weighted by atomic mass is 10.2. The van der Waals surface area contributed by atoms with Crippen LogP contribution in [0.2, 0.25) is 0 Å². The van der Waals surface area contributed by atoms with Crippen molar-refractivity contribution in [3.63, 3.8) is 0 Å². The average Bonchev–Trinajstić information content (AvgIpc) is 2.47. The number of ether oxygens (including phenoxy) is 3. The molecule has 0 aliphatic carbocycles. The van der Waals surface area contributed by atoms with Crippen molar-refractivity contribution in [2.75, 3.05) is 32.4 Å². The van der Waals surface area contributed by atoms with E-state index in [1.54, 1.807) is 33.5 Å². The molecule has 1 aromatic heterocycles. The van der Waals surface area contributed by atoms with Crippen LogP contribution < -0.4 is 20.5 Å². The van der Waals surface area contributed by atoms with Crippen molar-refractivity contribution in [3.8, 4) is 11.5 Å². The molecule has 1 heterocycles. The summed E-state index contributed by atoms with van der Waals surface area (Å²) < 4.78 is 15.5. The maximum Gasteiger partial charge on any atom is 0.158 e. The third-order valence-electron chi connectivity index (χ3n) is 2.74. The molecule has 0 saturated carbocycles. The highest BCUT2D eigenvalue weighted by Gasteiger charge is 2.08. The van der Waals surface area contributed by atoms with Gasteiger partial charge in [-0.25, -0.2) is 9.97 Å². The van der Waals surface area contributed by atoms with Gasteiger partial charge in [0.15, 0.2) is 5.82 Å². The zero-order valence-electron chi connectivity index (χ0n) is 12.2. The molecular formula is C14H18N4O3. The number of aromatic nitrogens is 2. The molecule has 2 rings (SSSR count). The van der Waals surface area contributed by atoms with E-state index in [1.165, 1.54) is 0 Å². The molecule has 0 radical (unpaired) electrons. The summed E-state index contributed by atoms with van der Waals surface area (Å²) in [7, 11) is 4.76. The monoisotopic (exact) mass is 290 g/mol. The predicted octanol–water partition coefficient (Wildman–Crippen LogP) is 1.97. The molecule has 0 spiro atoms. The second-order valence-electron chi connectivity index (χ2n) is 4.22. The fraction of sp³-hybridized carbons (Fsp3) is 0.286. The van der Waals surface area contributed by atoms with Crippen LogP contribution in [-0.2, 0) is 11.3 Å². The van der Waals surface area contributed by atoms with Crippen LogP contribution in [0.4, 0.5) is 17.3 Å². The number of rotatable bonds is 6. The maximum atomic E-state index is 5.76. The van der Waals surface area contributed by atoms with Crippen LogP contribution >= 0.6 is 0 Å². The van der Waals surface area contributed by atoms with Crippen molar-refractivity contribution in [1.29, 1.82) is 0 Å². The molecule has 0 unspecified atom stereocenters. The van der Waals surface area contributed by atoms with E-state index in [1.807, 2.05) is 12.1 Å². The van der Waals surface area contributed by atoms with Gasteiger partial charge < -0.3 is 25.3 Å². The Bertz CT molecular complexity index is 619. The number of benzene rings is 1. The van der Waals surface area contributed by atoms with E-state index in [0.29, 0.717) is 35.6 Å². The molecule has 1 aromatic carbocycles. The molecule has 7 heteroatoms. The summed E-state index contributed by atoms with van der Waals surface area (Å²) >= 11 is 0. The Balaban J connectivity index is 2.29. The fourth-order valence-electron chi connectivity index (χ4n) is 1.82. The van der Waals surface area contributed by atoms with E-state index in [9.17, 15) is 0 Å². The van der Waals surface area contributed by atoms with Crippen LogP contribution in [-0.4, -0.2) is 31.3 Å². The zero-order chi connectivity index (χ0) is 15.2. The first-order valence-electron chi connectivity index (χ1n) is 6.27. The van der Waals surface area contributed by atoms with Gasteiger partial charge in [0.25, 0.3) is 0 Å². The third-order valence-corrected chi connectivity index (χ3v) is 2.74. The van der Waals surface area contributed by atoms with Crippen LogP contribution in [0.1, 0.15) is 5.82 Å². The summed E-state index contributed by atoms with van der Waals surface area (Å²) in [6.45, 7) is 0.291. The zero-order valence-corrected chi connectivity index (χ0v) is 12.2. The van der Waals surface area contributed by atoms with E-state index in [2.05, 4.69) is 15.3 Å². The SMILES string of the molecule is COCc1nc(N)cc(Nc2ccc(OC)cc2OC)n1. The first-order valence-corrected chi connectivity index (χ1v) is 6.27. The Hall–Kier alpha value is -2.54. The Morgan fingerprint density at radius 2 is 1.90 bits per heavy atom. The van der Waals surface area contributed by atoms with Crippen molar-refractivity contribution >= 4 is 17.3 Å². The van der Waals surface area contributed by atoms with Crippen molar-refractivity contribution in [1.82, 2.24) is 9.97 Å². The minimum atomic E-state index is 0.291. The van der Waals surface area contributed by atoms with E-state index in [0.717, 1.165) is 5.69 Å². The van der Waals surface area contributed by atoms with Crippen molar-refractivity contribution in [2.45, 2.75) is 6.61 Å². The molecule has 0 bridgehead atoms. The second kappa shape index (κ2) is 6.76. The number of anilines is 3. The number of hydrogen-bond acceptors (Lipinski definition) is 7. The molecule has 3 N–H and O–H groups in total. The summed E-state index contributed by atoms with van der Waals surface area (Å²) in [5, 5.41) is 3.15. The molecular weight excluding hydrogens is 272 g/mol. The molecule has 0 atom stereocenters.